The average molecular weight is 589 g/mol. The summed E-state index contributed by atoms with van der Waals surface area (Å²) in [5, 5.41) is 0. The molecule has 3 nitrogen and oxygen atoms in total. The fourth-order valence-corrected chi connectivity index (χ4v) is 4.63. The first kappa shape index (κ1) is 30.6. The first-order valence-corrected chi connectivity index (χ1v) is 13.2. The molecule has 0 spiro atoms. The Morgan fingerprint density at radius 3 is 2.02 bits per heavy atom. The maximum Gasteiger partial charge on any atom is 0.429 e. The van der Waals surface area contributed by atoms with Crippen molar-refractivity contribution in [2.75, 3.05) is 6.61 Å². The van der Waals surface area contributed by atoms with Gasteiger partial charge in [-0.05, 0) is 48.9 Å². The summed E-state index contributed by atoms with van der Waals surface area (Å²) in [5.74, 6) is -9.14. The van der Waals surface area contributed by atoms with Crippen LogP contribution in [0.5, 0.6) is 11.5 Å². The fraction of sp³-hybridized carbons (Fsp3) is 0.400. The predicted molar refractivity (Wildman–Crippen MR) is 134 cm³/mol. The van der Waals surface area contributed by atoms with Gasteiger partial charge in [0.15, 0.2) is 23.6 Å². The first-order chi connectivity index (χ1) is 19.4. The summed E-state index contributed by atoms with van der Waals surface area (Å²) < 4.78 is 127. The Labute approximate surface area is 232 Å². The number of ether oxygens (including phenoxy) is 3. The number of aryl methyl sites for hydroxylation is 1. The number of hydrogen-bond acceptors (Lipinski definition) is 3. The molecule has 4 rings (SSSR count). The summed E-state index contributed by atoms with van der Waals surface area (Å²) in [4.78, 5) is 0. The molecule has 1 heterocycles. The number of rotatable bonds is 11. The molecule has 0 saturated carbocycles. The topological polar surface area (TPSA) is 27.7 Å². The molecule has 222 valence electrons. The fourth-order valence-electron chi connectivity index (χ4n) is 4.63. The maximum absolute atomic E-state index is 14.8. The molecular weight excluding hydrogens is 560 g/mol. The minimum Gasteiger partial charge on any atom is -0.431 e. The van der Waals surface area contributed by atoms with Crippen molar-refractivity contribution in [3.8, 4) is 11.5 Å². The van der Waals surface area contributed by atoms with Crippen molar-refractivity contribution in [2.45, 2.75) is 69.7 Å². The Morgan fingerprint density at radius 2 is 1.44 bits per heavy atom. The van der Waals surface area contributed by atoms with Crippen LogP contribution >= 0.6 is 0 Å². The summed E-state index contributed by atoms with van der Waals surface area (Å²) in [5.41, 5.74) is 0.753. The number of halogens is 8. The number of unbranched alkanes of at least 4 members (excludes halogenated alkanes) is 2. The lowest BCUT2D eigenvalue weighted by Gasteiger charge is -2.33. The van der Waals surface area contributed by atoms with Crippen molar-refractivity contribution in [3.63, 3.8) is 0 Å². The smallest absolute Gasteiger partial charge is 0.429 e. The molecule has 1 aliphatic heterocycles. The zero-order valence-corrected chi connectivity index (χ0v) is 22.0. The second-order valence-corrected chi connectivity index (χ2v) is 9.92. The number of hydrogen-bond donors (Lipinski definition) is 0. The van der Waals surface area contributed by atoms with Crippen LogP contribution in [0, 0.1) is 23.3 Å². The third-order valence-electron chi connectivity index (χ3n) is 6.88. The van der Waals surface area contributed by atoms with Crippen molar-refractivity contribution < 1.29 is 49.3 Å². The lowest BCUT2D eigenvalue weighted by molar-refractivity contribution is -0.262. The summed E-state index contributed by atoms with van der Waals surface area (Å²) in [6.45, 7) is 2.15. The standard InChI is InChI=1S/C30H28F8O3/c1-2-3-4-5-18-6-8-19(9-7-18)20-10-13-27(39-17-20)30(37,38)40-21-11-12-23(24(31)14-21)29(35,36)41-22-15-25(32)28(34)26(33)16-22/h6-9,11-12,14-16,20,27H,2-5,10,13,17H2,1H3. The van der Waals surface area contributed by atoms with Gasteiger partial charge in [-0.25, -0.2) is 17.6 Å². The highest BCUT2D eigenvalue weighted by molar-refractivity contribution is 5.33. The van der Waals surface area contributed by atoms with Crippen LogP contribution in [0.1, 0.15) is 61.6 Å². The van der Waals surface area contributed by atoms with Gasteiger partial charge in [-0.1, -0.05) is 44.0 Å². The summed E-state index contributed by atoms with van der Waals surface area (Å²) in [6, 6.07) is 9.70. The quantitative estimate of drug-likeness (QED) is 0.127. The molecule has 11 heteroatoms. The van der Waals surface area contributed by atoms with E-state index in [0.29, 0.717) is 24.6 Å². The number of benzene rings is 3. The van der Waals surface area contributed by atoms with E-state index in [1.54, 1.807) is 0 Å². The molecule has 3 aromatic rings. The molecule has 0 radical (unpaired) electrons. The predicted octanol–water partition coefficient (Wildman–Crippen LogP) is 9.04. The highest BCUT2D eigenvalue weighted by Gasteiger charge is 2.46. The first-order valence-electron chi connectivity index (χ1n) is 13.2. The largest absolute Gasteiger partial charge is 0.431 e. The lowest BCUT2D eigenvalue weighted by atomic mass is 9.90. The minimum absolute atomic E-state index is 0.0141. The highest BCUT2D eigenvalue weighted by atomic mass is 19.3. The highest BCUT2D eigenvalue weighted by Crippen LogP contribution is 2.39. The molecule has 0 N–H and O–H groups in total. The molecule has 0 bridgehead atoms. The molecule has 3 aromatic carbocycles. The zero-order valence-electron chi connectivity index (χ0n) is 22.0. The molecule has 2 atom stereocenters. The third kappa shape index (κ3) is 7.49. The molecular formula is C30H28F8O3. The van der Waals surface area contributed by atoms with Crippen molar-refractivity contribution >= 4 is 0 Å². The van der Waals surface area contributed by atoms with E-state index in [0.717, 1.165) is 31.2 Å². The van der Waals surface area contributed by atoms with Gasteiger partial charge < -0.3 is 14.2 Å². The van der Waals surface area contributed by atoms with E-state index < -0.39 is 58.7 Å². The Balaban J connectivity index is 1.36. The summed E-state index contributed by atoms with van der Waals surface area (Å²) in [7, 11) is 0. The molecule has 0 amide bonds. The summed E-state index contributed by atoms with van der Waals surface area (Å²) in [6.07, 6.45) is -5.36. The van der Waals surface area contributed by atoms with Gasteiger partial charge in [0, 0.05) is 24.1 Å². The van der Waals surface area contributed by atoms with Crippen LogP contribution < -0.4 is 9.47 Å². The van der Waals surface area contributed by atoms with Crippen LogP contribution in [-0.4, -0.2) is 18.8 Å². The van der Waals surface area contributed by atoms with Crippen molar-refractivity contribution in [2.24, 2.45) is 0 Å². The number of alkyl halides is 4. The van der Waals surface area contributed by atoms with E-state index in [9.17, 15) is 35.1 Å². The normalized spacial score (nSPS) is 17.9. The van der Waals surface area contributed by atoms with Crippen LogP contribution in [0.15, 0.2) is 54.6 Å². The lowest BCUT2D eigenvalue weighted by Crippen LogP contribution is -2.44. The van der Waals surface area contributed by atoms with Gasteiger partial charge in [-0.3, -0.25) is 0 Å². The van der Waals surface area contributed by atoms with Crippen LogP contribution in [0.3, 0.4) is 0 Å². The molecule has 1 fully saturated rings. The Bertz CT molecular complexity index is 1300. The van der Waals surface area contributed by atoms with Gasteiger partial charge in [-0.15, -0.1) is 0 Å². The molecule has 1 aliphatic rings. The van der Waals surface area contributed by atoms with E-state index in [4.69, 9.17) is 4.74 Å². The van der Waals surface area contributed by atoms with E-state index >= 15 is 0 Å². The van der Waals surface area contributed by atoms with Gasteiger partial charge in [0.25, 0.3) is 0 Å². The van der Waals surface area contributed by atoms with Crippen LogP contribution in [0.4, 0.5) is 35.1 Å². The molecule has 1 saturated heterocycles. The van der Waals surface area contributed by atoms with Gasteiger partial charge >= 0.3 is 12.2 Å². The Morgan fingerprint density at radius 1 is 0.780 bits per heavy atom. The van der Waals surface area contributed by atoms with Crippen molar-refractivity contribution in [3.05, 3.63) is 94.6 Å². The van der Waals surface area contributed by atoms with E-state index in [-0.39, 0.29) is 31.1 Å². The molecule has 0 aromatic heterocycles. The van der Waals surface area contributed by atoms with Crippen LogP contribution in [0.25, 0.3) is 0 Å². The average Bonchev–Trinajstić information content (AvgIpc) is 2.92. The molecule has 0 aliphatic carbocycles. The van der Waals surface area contributed by atoms with Crippen molar-refractivity contribution in [1.29, 1.82) is 0 Å². The minimum atomic E-state index is -4.49. The van der Waals surface area contributed by atoms with E-state index in [2.05, 4.69) is 16.4 Å². The van der Waals surface area contributed by atoms with Gasteiger partial charge in [0.05, 0.1) is 6.61 Å². The maximum atomic E-state index is 14.8. The van der Waals surface area contributed by atoms with Gasteiger partial charge in [0.1, 0.15) is 22.9 Å². The molecule has 2 unspecified atom stereocenters. The van der Waals surface area contributed by atoms with E-state index in [1.807, 2.05) is 24.3 Å². The summed E-state index contributed by atoms with van der Waals surface area (Å²) >= 11 is 0. The van der Waals surface area contributed by atoms with Gasteiger partial charge in [0.2, 0.25) is 0 Å². The Kier molecular flexibility index (Phi) is 9.46. The van der Waals surface area contributed by atoms with Crippen molar-refractivity contribution in [1.82, 2.24) is 0 Å². The monoisotopic (exact) mass is 588 g/mol. The Hall–Kier alpha value is -3.34. The van der Waals surface area contributed by atoms with Crippen LogP contribution in [0.2, 0.25) is 0 Å². The molecule has 41 heavy (non-hydrogen) atoms. The SMILES string of the molecule is CCCCCc1ccc(C2CCC(C(F)(F)Oc3ccc(C(F)(F)Oc4cc(F)c(F)c(F)c4)c(F)c3)OC2)cc1. The van der Waals surface area contributed by atoms with Gasteiger partial charge in [-0.2, -0.15) is 17.6 Å². The van der Waals surface area contributed by atoms with Crippen LogP contribution in [-0.2, 0) is 17.3 Å². The third-order valence-corrected chi connectivity index (χ3v) is 6.88. The zero-order chi connectivity index (χ0) is 29.8. The van der Waals surface area contributed by atoms with E-state index in [1.165, 1.54) is 5.56 Å². The second kappa shape index (κ2) is 12.7. The second-order valence-electron chi connectivity index (χ2n) is 9.92.